The molecular weight excluding hydrogens is 395 g/mol. The molecule has 152 valence electrons. The smallest absolute Gasteiger partial charge is 0.183 e. The molecule has 1 N–H and O–H groups in total. The lowest BCUT2D eigenvalue weighted by molar-refractivity contribution is 0.101. The lowest BCUT2D eigenvalue weighted by atomic mass is 10.1. The number of benzene rings is 2. The van der Waals surface area contributed by atoms with Gasteiger partial charge in [-0.1, -0.05) is 11.6 Å². The molecule has 2 aromatic carbocycles. The van der Waals surface area contributed by atoms with Crippen LogP contribution in [-0.2, 0) is 0 Å². The van der Waals surface area contributed by atoms with Gasteiger partial charge in [0.25, 0.3) is 0 Å². The number of carbonyl (C=O) groups is 1. The number of methoxy groups -OCH3 is 2. The fourth-order valence-electron chi connectivity index (χ4n) is 3.30. The quantitative estimate of drug-likeness (QED) is 0.538. The molecule has 5 nitrogen and oxygen atoms in total. The van der Waals surface area contributed by atoms with Crippen molar-refractivity contribution in [2.75, 3.05) is 26.1 Å². The summed E-state index contributed by atoms with van der Waals surface area (Å²) < 4.78 is 25.7. The van der Waals surface area contributed by atoms with Gasteiger partial charge in [-0.2, -0.15) is 0 Å². The predicted octanol–water partition coefficient (Wildman–Crippen LogP) is 5.20. The topological polar surface area (TPSA) is 52.5 Å². The number of aromatic nitrogens is 1. The summed E-state index contributed by atoms with van der Waals surface area (Å²) in [6, 6.07) is 11.3. The van der Waals surface area contributed by atoms with Crippen LogP contribution >= 0.6 is 11.6 Å². The van der Waals surface area contributed by atoms with Crippen molar-refractivity contribution in [2.24, 2.45) is 0 Å². The molecule has 7 heteroatoms. The molecule has 0 aliphatic rings. The molecule has 0 aliphatic heterocycles. The van der Waals surface area contributed by atoms with Crippen LogP contribution in [-0.4, -0.2) is 31.1 Å². The van der Waals surface area contributed by atoms with Crippen LogP contribution in [0, 0.1) is 19.7 Å². The van der Waals surface area contributed by atoms with Gasteiger partial charge in [-0.15, -0.1) is 0 Å². The van der Waals surface area contributed by atoms with Gasteiger partial charge in [0, 0.05) is 34.8 Å². The Labute approximate surface area is 174 Å². The van der Waals surface area contributed by atoms with Gasteiger partial charge in [-0.3, -0.25) is 4.79 Å². The van der Waals surface area contributed by atoms with Crippen LogP contribution in [0.25, 0.3) is 5.69 Å². The van der Waals surface area contributed by atoms with Crippen molar-refractivity contribution in [3.05, 3.63) is 70.3 Å². The summed E-state index contributed by atoms with van der Waals surface area (Å²) in [6.07, 6.45) is 0. The fourth-order valence-corrected chi connectivity index (χ4v) is 3.53. The monoisotopic (exact) mass is 416 g/mol. The molecule has 3 aromatic rings. The number of anilines is 1. The fraction of sp³-hybridized carbons (Fsp3) is 0.227. The Hall–Kier alpha value is -2.99. The molecule has 1 heterocycles. The Kier molecular flexibility index (Phi) is 6.13. The Morgan fingerprint density at radius 1 is 1.07 bits per heavy atom. The summed E-state index contributed by atoms with van der Waals surface area (Å²) >= 11 is 6.12. The molecule has 0 aliphatic carbocycles. The van der Waals surface area contributed by atoms with Crippen molar-refractivity contribution < 1.29 is 18.7 Å². The van der Waals surface area contributed by atoms with Crippen molar-refractivity contribution >= 4 is 23.1 Å². The second kappa shape index (κ2) is 8.57. The normalized spacial score (nSPS) is 10.7. The van der Waals surface area contributed by atoms with Crippen LogP contribution in [0.5, 0.6) is 11.5 Å². The van der Waals surface area contributed by atoms with Gasteiger partial charge in [0.05, 0.1) is 31.5 Å². The third kappa shape index (κ3) is 4.22. The molecule has 0 amide bonds. The zero-order chi connectivity index (χ0) is 21.1. The molecule has 0 saturated heterocycles. The predicted molar refractivity (Wildman–Crippen MR) is 113 cm³/mol. The minimum Gasteiger partial charge on any atom is -0.495 e. The van der Waals surface area contributed by atoms with E-state index in [0.717, 1.165) is 17.1 Å². The van der Waals surface area contributed by atoms with Crippen molar-refractivity contribution in [1.82, 2.24) is 4.57 Å². The third-order valence-corrected chi connectivity index (χ3v) is 5.03. The molecule has 0 bridgehead atoms. The Bertz CT molecular complexity index is 1050. The number of nitrogens with zero attached hydrogens (tertiary/aromatic N) is 1. The number of nitrogens with one attached hydrogen (secondary N) is 1. The lowest BCUT2D eigenvalue weighted by Gasteiger charge is -2.14. The second-order valence-corrected chi connectivity index (χ2v) is 6.97. The maximum absolute atomic E-state index is 13.2. The number of Topliss-reactive ketones (excluding diaryl/α,β-unsaturated/α-hetero) is 1. The van der Waals surface area contributed by atoms with Crippen molar-refractivity contribution in [1.29, 1.82) is 0 Å². The van der Waals surface area contributed by atoms with E-state index in [2.05, 4.69) is 5.32 Å². The first-order chi connectivity index (χ1) is 13.8. The van der Waals surface area contributed by atoms with Crippen molar-refractivity contribution in [3.8, 4) is 17.2 Å². The number of ketones is 1. The van der Waals surface area contributed by atoms with Crippen LogP contribution in [0.15, 0.2) is 42.5 Å². The Morgan fingerprint density at radius 3 is 2.34 bits per heavy atom. The molecule has 0 radical (unpaired) electrons. The highest BCUT2D eigenvalue weighted by molar-refractivity contribution is 6.32. The van der Waals surface area contributed by atoms with Gasteiger partial charge in [-0.05, 0) is 44.2 Å². The number of aryl methyl sites for hydroxylation is 1. The van der Waals surface area contributed by atoms with Crippen LogP contribution in [0.2, 0.25) is 5.02 Å². The first kappa shape index (κ1) is 20.7. The summed E-state index contributed by atoms with van der Waals surface area (Å²) in [5, 5.41) is 3.52. The molecule has 0 atom stereocenters. The standard InChI is InChI=1S/C22H22ClFN2O3/c1-13-9-17(14(2)26(13)16-7-5-15(24)6-8-16)20(27)12-25-19-11-21(28-3)18(23)10-22(19)29-4/h5-11,25H,12H2,1-4H3. The molecule has 0 saturated carbocycles. The van der Waals surface area contributed by atoms with Gasteiger partial charge in [0.15, 0.2) is 5.78 Å². The minimum atomic E-state index is -0.302. The number of rotatable bonds is 7. The van der Waals surface area contributed by atoms with Crippen LogP contribution in [0.4, 0.5) is 10.1 Å². The van der Waals surface area contributed by atoms with Gasteiger partial charge in [-0.25, -0.2) is 4.39 Å². The number of hydrogen-bond donors (Lipinski definition) is 1. The SMILES string of the molecule is COc1cc(NCC(=O)c2cc(C)n(-c3ccc(F)cc3)c2C)c(OC)cc1Cl. The van der Waals surface area contributed by atoms with E-state index in [0.29, 0.717) is 27.8 Å². The van der Waals surface area contributed by atoms with E-state index in [-0.39, 0.29) is 18.1 Å². The maximum atomic E-state index is 13.2. The summed E-state index contributed by atoms with van der Waals surface area (Å²) in [7, 11) is 3.05. The zero-order valence-corrected chi connectivity index (χ0v) is 17.4. The average Bonchev–Trinajstić information content (AvgIpc) is 3.01. The summed E-state index contributed by atoms with van der Waals surface area (Å²) in [5.74, 6) is 0.615. The van der Waals surface area contributed by atoms with Crippen LogP contribution < -0.4 is 14.8 Å². The third-order valence-electron chi connectivity index (χ3n) is 4.73. The van der Waals surface area contributed by atoms with E-state index in [1.165, 1.54) is 26.4 Å². The molecule has 1 aromatic heterocycles. The van der Waals surface area contributed by atoms with E-state index in [4.69, 9.17) is 21.1 Å². The molecule has 0 fully saturated rings. The van der Waals surface area contributed by atoms with Crippen molar-refractivity contribution in [2.45, 2.75) is 13.8 Å². The summed E-state index contributed by atoms with van der Waals surface area (Å²) in [4.78, 5) is 12.9. The highest BCUT2D eigenvalue weighted by atomic mass is 35.5. The number of ether oxygens (including phenoxy) is 2. The van der Waals surface area contributed by atoms with Gasteiger partial charge in [0.2, 0.25) is 0 Å². The van der Waals surface area contributed by atoms with E-state index >= 15 is 0 Å². The van der Waals surface area contributed by atoms with Crippen molar-refractivity contribution in [3.63, 3.8) is 0 Å². The van der Waals surface area contributed by atoms with Gasteiger partial charge < -0.3 is 19.4 Å². The van der Waals surface area contributed by atoms with E-state index in [1.54, 1.807) is 24.3 Å². The van der Waals surface area contributed by atoms with Crippen LogP contribution in [0.1, 0.15) is 21.7 Å². The number of carbonyl (C=O) groups excluding carboxylic acids is 1. The highest BCUT2D eigenvalue weighted by Gasteiger charge is 2.18. The second-order valence-electron chi connectivity index (χ2n) is 6.56. The number of hydrogen-bond acceptors (Lipinski definition) is 4. The Morgan fingerprint density at radius 2 is 1.72 bits per heavy atom. The summed E-state index contributed by atoms with van der Waals surface area (Å²) in [5.41, 5.74) is 3.69. The van der Waals surface area contributed by atoms with Gasteiger partial charge >= 0.3 is 0 Å². The lowest BCUT2D eigenvalue weighted by Crippen LogP contribution is -2.15. The first-order valence-corrected chi connectivity index (χ1v) is 9.37. The Balaban J connectivity index is 1.84. The first-order valence-electron chi connectivity index (χ1n) is 8.99. The van der Waals surface area contributed by atoms with Gasteiger partial charge in [0.1, 0.15) is 17.3 Å². The highest BCUT2D eigenvalue weighted by Crippen LogP contribution is 2.35. The van der Waals surface area contributed by atoms with E-state index in [9.17, 15) is 9.18 Å². The van der Waals surface area contributed by atoms with E-state index in [1.807, 2.05) is 24.5 Å². The zero-order valence-electron chi connectivity index (χ0n) is 16.7. The molecular formula is C22H22ClFN2O3. The van der Waals surface area contributed by atoms with E-state index < -0.39 is 0 Å². The molecule has 29 heavy (non-hydrogen) atoms. The molecule has 0 spiro atoms. The number of halogens is 2. The minimum absolute atomic E-state index is 0.0643. The molecule has 3 rings (SSSR count). The summed E-state index contributed by atoms with van der Waals surface area (Å²) in [6.45, 7) is 3.85. The largest absolute Gasteiger partial charge is 0.495 e. The van der Waals surface area contributed by atoms with Crippen LogP contribution in [0.3, 0.4) is 0 Å². The maximum Gasteiger partial charge on any atom is 0.183 e. The average molecular weight is 417 g/mol. The molecule has 0 unspecified atom stereocenters.